The number of benzene rings is 3. The van der Waals surface area contributed by atoms with Gasteiger partial charge < -0.3 is 9.84 Å². The minimum atomic E-state index is -0.431. The zero-order valence-corrected chi connectivity index (χ0v) is 18.1. The molecule has 154 valence electrons. The van der Waals surface area contributed by atoms with Gasteiger partial charge in [-0.3, -0.25) is 10.3 Å². The predicted octanol–water partition coefficient (Wildman–Crippen LogP) is 5.92. The van der Waals surface area contributed by atoms with E-state index in [1.54, 1.807) is 18.2 Å². The van der Waals surface area contributed by atoms with Gasteiger partial charge in [0.1, 0.15) is 23.5 Å². The fourth-order valence-electron chi connectivity index (χ4n) is 3.64. The van der Waals surface area contributed by atoms with Crippen LogP contribution in [0.25, 0.3) is 0 Å². The van der Waals surface area contributed by atoms with Crippen molar-refractivity contribution in [1.29, 1.82) is 0 Å². The van der Waals surface area contributed by atoms with Crippen LogP contribution in [0.1, 0.15) is 42.2 Å². The molecule has 1 aliphatic rings. The number of hydrogen-bond donors (Lipinski definition) is 2. The Labute approximate surface area is 183 Å². The van der Waals surface area contributed by atoms with Crippen molar-refractivity contribution in [2.75, 3.05) is 6.61 Å². The molecule has 1 heterocycles. The third kappa shape index (κ3) is 4.55. The van der Waals surface area contributed by atoms with Gasteiger partial charge in [0, 0.05) is 28.2 Å². The van der Waals surface area contributed by atoms with Crippen molar-refractivity contribution in [3.63, 3.8) is 0 Å². The van der Waals surface area contributed by atoms with Crippen LogP contribution in [0.2, 0.25) is 0 Å². The van der Waals surface area contributed by atoms with Gasteiger partial charge in [-0.25, -0.2) is 4.39 Å². The lowest BCUT2D eigenvalue weighted by Crippen LogP contribution is -2.33. The highest BCUT2D eigenvalue weighted by molar-refractivity contribution is 9.10. The van der Waals surface area contributed by atoms with Crippen LogP contribution in [0.5, 0.6) is 11.5 Å². The topological polar surface area (TPSA) is 53.8 Å². The first-order valence-electron chi connectivity index (χ1n) is 9.83. The second kappa shape index (κ2) is 8.98. The van der Waals surface area contributed by atoms with Gasteiger partial charge >= 0.3 is 0 Å². The van der Waals surface area contributed by atoms with Crippen LogP contribution in [0, 0.1) is 5.82 Å². The van der Waals surface area contributed by atoms with E-state index in [1.807, 2.05) is 43.3 Å². The minimum absolute atomic E-state index is 0.185. The first kappa shape index (κ1) is 20.6. The van der Waals surface area contributed by atoms with Gasteiger partial charge in [0.2, 0.25) is 0 Å². The van der Waals surface area contributed by atoms with E-state index < -0.39 is 6.17 Å². The zero-order valence-electron chi connectivity index (χ0n) is 16.5. The Morgan fingerprint density at radius 3 is 2.67 bits per heavy atom. The number of aromatic hydroxyl groups is 1. The number of halogens is 2. The number of nitrogens with one attached hydrogen (secondary N) is 1. The molecule has 0 fully saturated rings. The summed E-state index contributed by atoms with van der Waals surface area (Å²) >= 11 is 3.48. The van der Waals surface area contributed by atoms with Crippen molar-refractivity contribution in [3.05, 3.63) is 93.7 Å². The molecule has 4 rings (SSSR count). The normalized spacial score (nSPS) is 18.7. The number of nitrogens with zero attached hydrogens (tertiary/aromatic N) is 1. The molecular formula is C24H22BrFN2O2. The van der Waals surface area contributed by atoms with E-state index in [4.69, 9.17) is 9.73 Å². The number of hydrogen-bond acceptors (Lipinski definition) is 4. The molecule has 0 unspecified atom stereocenters. The van der Waals surface area contributed by atoms with E-state index >= 15 is 0 Å². The number of ether oxygens (including phenoxy) is 1. The second-order valence-corrected chi connectivity index (χ2v) is 8.03. The standard InChI is InChI=1S/C24H22BrFN2O2/c1-2-30-19-9-6-15(7-10-19)21-14-22(20-13-17(25)8-11-23(20)29)28-24(27-21)16-4-3-5-18(26)12-16/h3-13,22,24,28-29H,2,14H2,1H3/t22-,24-/m0/s1. The van der Waals surface area contributed by atoms with E-state index in [2.05, 4.69) is 21.2 Å². The van der Waals surface area contributed by atoms with E-state index in [1.165, 1.54) is 12.1 Å². The molecule has 0 aromatic heterocycles. The highest BCUT2D eigenvalue weighted by Crippen LogP contribution is 2.36. The summed E-state index contributed by atoms with van der Waals surface area (Å²) < 4.78 is 20.3. The molecule has 0 bridgehead atoms. The van der Waals surface area contributed by atoms with E-state index in [-0.39, 0.29) is 17.6 Å². The van der Waals surface area contributed by atoms with Crippen LogP contribution in [-0.2, 0) is 0 Å². The summed E-state index contributed by atoms with van der Waals surface area (Å²) in [6, 6.07) is 19.4. The second-order valence-electron chi connectivity index (χ2n) is 7.12. The first-order valence-corrected chi connectivity index (χ1v) is 10.6. The third-order valence-electron chi connectivity index (χ3n) is 5.07. The van der Waals surface area contributed by atoms with Gasteiger partial charge in [0.15, 0.2) is 0 Å². The fourth-order valence-corrected chi connectivity index (χ4v) is 4.02. The molecule has 3 aromatic rings. The molecule has 1 aliphatic heterocycles. The predicted molar refractivity (Wildman–Crippen MR) is 120 cm³/mol. The lowest BCUT2D eigenvalue weighted by Gasteiger charge is -2.31. The van der Waals surface area contributed by atoms with Crippen molar-refractivity contribution in [3.8, 4) is 11.5 Å². The lowest BCUT2D eigenvalue weighted by atomic mass is 9.93. The number of aliphatic imine (C=N–C) groups is 1. The molecule has 4 nitrogen and oxygen atoms in total. The van der Waals surface area contributed by atoms with Gasteiger partial charge in [-0.1, -0.05) is 28.1 Å². The Morgan fingerprint density at radius 2 is 1.93 bits per heavy atom. The highest BCUT2D eigenvalue weighted by atomic mass is 79.9. The monoisotopic (exact) mass is 468 g/mol. The van der Waals surface area contributed by atoms with Crippen LogP contribution < -0.4 is 10.1 Å². The zero-order chi connectivity index (χ0) is 21.1. The van der Waals surface area contributed by atoms with Crippen LogP contribution >= 0.6 is 15.9 Å². The average Bonchev–Trinajstić information content (AvgIpc) is 2.76. The maximum absolute atomic E-state index is 13.9. The number of phenolic OH excluding ortho intramolecular Hbond substituents is 1. The SMILES string of the molecule is CCOc1ccc(C2=N[C@H](c3cccc(F)c3)N[C@H](c3cc(Br)ccc3O)C2)cc1. The molecule has 3 aromatic carbocycles. The molecule has 0 radical (unpaired) electrons. The van der Waals surface area contributed by atoms with Crippen molar-refractivity contribution in [1.82, 2.24) is 5.32 Å². The van der Waals surface area contributed by atoms with Crippen molar-refractivity contribution in [2.45, 2.75) is 25.6 Å². The molecule has 0 aliphatic carbocycles. The molecule has 30 heavy (non-hydrogen) atoms. The Hall–Kier alpha value is -2.70. The maximum atomic E-state index is 13.9. The quantitative estimate of drug-likeness (QED) is 0.488. The van der Waals surface area contributed by atoms with Crippen molar-refractivity contribution in [2.24, 2.45) is 4.99 Å². The van der Waals surface area contributed by atoms with Gasteiger partial charge in [-0.05, 0) is 72.6 Å². The summed E-state index contributed by atoms with van der Waals surface area (Å²) in [5, 5.41) is 13.9. The summed E-state index contributed by atoms with van der Waals surface area (Å²) in [5.41, 5.74) is 3.36. The first-order chi connectivity index (χ1) is 14.5. The molecule has 0 amide bonds. The van der Waals surface area contributed by atoms with Gasteiger partial charge in [0.05, 0.1) is 6.61 Å². The molecule has 2 N–H and O–H groups in total. The third-order valence-corrected chi connectivity index (χ3v) is 5.56. The van der Waals surface area contributed by atoms with Crippen molar-refractivity contribution >= 4 is 21.6 Å². The van der Waals surface area contributed by atoms with E-state index in [0.29, 0.717) is 13.0 Å². The number of phenols is 1. The fraction of sp³-hybridized carbons (Fsp3) is 0.208. The summed E-state index contributed by atoms with van der Waals surface area (Å²) in [7, 11) is 0. The van der Waals surface area contributed by atoms with E-state index in [9.17, 15) is 9.50 Å². The largest absolute Gasteiger partial charge is 0.508 e. The van der Waals surface area contributed by atoms with Crippen LogP contribution in [0.3, 0.4) is 0 Å². The summed E-state index contributed by atoms with van der Waals surface area (Å²) in [6.07, 6.45) is 0.156. The van der Waals surface area contributed by atoms with E-state index in [0.717, 1.165) is 32.6 Å². The number of rotatable bonds is 5. The Morgan fingerprint density at radius 1 is 1.13 bits per heavy atom. The highest BCUT2D eigenvalue weighted by Gasteiger charge is 2.28. The van der Waals surface area contributed by atoms with Crippen LogP contribution in [-0.4, -0.2) is 17.4 Å². The Kier molecular flexibility index (Phi) is 6.16. The summed E-state index contributed by atoms with van der Waals surface area (Å²) in [6.45, 7) is 2.56. The molecule has 2 atom stereocenters. The Balaban J connectivity index is 1.73. The molecule has 0 saturated carbocycles. The molecule has 0 spiro atoms. The minimum Gasteiger partial charge on any atom is -0.508 e. The smallest absolute Gasteiger partial charge is 0.126 e. The summed E-state index contributed by atoms with van der Waals surface area (Å²) in [4.78, 5) is 4.87. The Bertz CT molecular complexity index is 1070. The molecule has 6 heteroatoms. The maximum Gasteiger partial charge on any atom is 0.126 e. The van der Waals surface area contributed by atoms with Crippen LogP contribution in [0.4, 0.5) is 4.39 Å². The van der Waals surface area contributed by atoms with Crippen LogP contribution in [0.15, 0.2) is 76.2 Å². The van der Waals surface area contributed by atoms with Gasteiger partial charge in [-0.2, -0.15) is 0 Å². The van der Waals surface area contributed by atoms with Crippen molar-refractivity contribution < 1.29 is 14.2 Å². The lowest BCUT2D eigenvalue weighted by molar-refractivity contribution is 0.340. The summed E-state index contributed by atoms with van der Waals surface area (Å²) in [5.74, 6) is 0.708. The molecular weight excluding hydrogens is 447 g/mol. The van der Waals surface area contributed by atoms with Gasteiger partial charge in [-0.15, -0.1) is 0 Å². The van der Waals surface area contributed by atoms with Gasteiger partial charge in [0.25, 0.3) is 0 Å². The average molecular weight is 469 g/mol. The molecule has 0 saturated heterocycles.